The van der Waals surface area contributed by atoms with Crippen LogP contribution in [0.1, 0.15) is 10.4 Å². The van der Waals surface area contributed by atoms with Crippen molar-refractivity contribution < 1.29 is 14.7 Å². The molecular weight excluding hydrogens is 172 g/mol. The number of nitrogens with two attached hydrogens (primary N) is 1. The number of imide groups is 1. The number of amides is 3. The van der Waals surface area contributed by atoms with Gasteiger partial charge in [-0.05, 0) is 24.3 Å². The summed E-state index contributed by atoms with van der Waals surface area (Å²) >= 11 is 0. The molecule has 5 nitrogen and oxygen atoms in total. The molecule has 0 aliphatic heterocycles. The molecule has 13 heavy (non-hydrogen) atoms. The van der Waals surface area contributed by atoms with Gasteiger partial charge in [0.2, 0.25) is 0 Å². The Balaban J connectivity index is 2.78. The number of carbonyl (C=O) groups excluding carboxylic acids is 2. The average Bonchev–Trinajstić information content (AvgIpc) is 2.04. The van der Waals surface area contributed by atoms with Gasteiger partial charge in [-0.15, -0.1) is 0 Å². The van der Waals surface area contributed by atoms with Crippen LogP contribution in [0.15, 0.2) is 24.3 Å². The van der Waals surface area contributed by atoms with E-state index in [1.54, 1.807) is 0 Å². The Labute approximate surface area is 74.2 Å². The summed E-state index contributed by atoms with van der Waals surface area (Å²) in [6.07, 6.45) is 0. The molecule has 0 aliphatic rings. The largest absolute Gasteiger partial charge is 0.508 e. The van der Waals surface area contributed by atoms with Crippen molar-refractivity contribution in [3.05, 3.63) is 29.8 Å². The number of benzene rings is 1. The van der Waals surface area contributed by atoms with E-state index >= 15 is 0 Å². The van der Waals surface area contributed by atoms with Gasteiger partial charge in [-0.1, -0.05) is 0 Å². The van der Waals surface area contributed by atoms with Crippen LogP contribution >= 0.6 is 0 Å². The molecule has 0 saturated heterocycles. The molecule has 5 heteroatoms. The Kier molecular flexibility index (Phi) is 2.49. The highest BCUT2D eigenvalue weighted by Gasteiger charge is 2.06. The second kappa shape index (κ2) is 3.57. The number of primary amides is 1. The lowest BCUT2D eigenvalue weighted by Gasteiger charge is -1.99. The number of hydrogen-bond acceptors (Lipinski definition) is 3. The Morgan fingerprint density at radius 3 is 2.23 bits per heavy atom. The monoisotopic (exact) mass is 180 g/mol. The molecule has 0 atom stereocenters. The van der Waals surface area contributed by atoms with E-state index in [0.29, 0.717) is 0 Å². The van der Waals surface area contributed by atoms with Crippen molar-refractivity contribution in [1.29, 1.82) is 0 Å². The lowest BCUT2D eigenvalue weighted by atomic mass is 10.2. The van der Waals surface area contributed by atoms with Gasteiger partial charge in [-0.25, -0.2) is 4.79 Å². The molecule has 0 aromatic heterocycles. The summed E-state index contributed by atoms with van der Waals surface area (Å²) in [6.45, 7) is 0. The number of nitrogens with one attached hydrogen (secondary N) is 1. The van der Waals surface area contributed by atoms with Gasteiger partial charge >= 0.3 is 6.03 Å². The fourth-order valence-corrected chi connectivity index (χ4v) is 0.797. The molecule has 0 aliphatic carbocycles. The highest BCUT2D eigenvalue weighted by Crippen LogP contribution is 2.08. The number of urea groups is 1. The van der Waals surface area contributed by atoms with E-state index in [9.17, 15) is 9.59 Å². The first-order chi connectivity index (χ1) is 6.09. The second-order valence-corrected chi connectivity index (χ2v) is 2.37. The third-order valence-corrected chi connectivity index (χ3v) is 1.37. The Bertz CT molecular complexity index is 332. The fourth-order valence-electron chi connectivity index (χ4n) is 0.797. The zero-order valence-electron chi connectivity index (χ0n) is 6.65. The van der Waals surface area contributed by atoms with E-state index in [-0.39, 0.29) is 11.3 Å². The molecule has 0 saturated carbocycles. The molecule has 0 radical (unpaired) electrons. The van der Waals surface area contributed by atoms with Crippen molar-refractivity contribution in [3.8, 4) is 5.75 Å². The molecule has 0 fully saturated rings. The van der Waals surface area contributed by atoms with E-state index < -0.39 is 11.9 Å². The molecule has 0 unspecified atom stereocenters. The highest BCUT2D eigenvalue weighted by atomic mass is 16.3. The lowest BCUT2D eigenvalue weighted by Crippen LogP contribution is -2.34. The molecule has 1 aromatic carbocycles. The topological polar surface area (TPSA) is 92.4 Å². The molecule has 0 spiro atoms. The summed E-state index contributed by atoms with van der Waals surface area (Å²) in [5.74, 6) is -0.539. The van der Waals surface area contributed by atoms with Crippen molar-refractivity contribution >= 4 is 11.9 Å². The Hall–Kier alpha value is -2.04. The smallest absolute Gasteiger partial charge is 0.319 e. The minimum atomic E-state index is -0.905. The summed E-state index contributed by atoms with van der Waals surface area (Å²) in [5.41, 5.74) is 5.00. The van der Waals surface area contributed by atoms with Crippen LogP contribution in [0.4, 0.5) is 4.79 Å². The first-order valence-electron chi connectivity index (χ1n) is 3.49. The van der Waals surface area contributed by atoms with Crippen LogP contribution in [0.3, 0.4) is 0 Å². The molecule has 1 rings (SSSR count). The molecule has 1 aromatic rings. The minimum absolute atomic E-state index is 0.0515. The zero-order chi connectivity index (χ0) is 9.84. The normalized spacial score (nSPS) is 9.23. The molecule has 4 N–H and O–H groups in total. The van der Waals surface area contributed by atoms with Crippen molar-refractivity contribution in [2.75, 3.05) is 0 Å². The number of rotatable bonds is 1. The van der Waals surface area contributed by atoms with Gasteiger partial charge in [0.15, 0.2) is 0 Å². The molecular formula is C8H8N2O3. The maximum Gasteiger partial charge on any atom is 0.319 e. The van der Waals surface area contributed by atoms with Gasteiger partial charge in [0, 0.05) is 5.56 Å². The van der Waals surface area contributed by atoms with E-state index in [1.165, 1.54) is 24.3 Å². The quantitative estimate of drug-likeness (QED) is 0.576. The summed E-state index contributed by atoms with van der Waals surface area (Å²) in [5, 5.41) is 10.8. The minimum Gasteiger partial charge on any atom is -0.508 e. The first-order valence-corrected chi connectivity index (χ1v) is 3.49. The zero-order valence-corrected chi connectivity index (χ0v) is 6.65. The van der Waals surface area contributed by atoms with Crippen LogP contribution < -0.4 is 11.1 Å². The van der Waals surface area contributed by atoms with Crippen LogP contribution in [-0.4, -0.2) is 17.0 Å². The number of hydrogen-bond donors (Lipinski definition) is 3. The van der Waals surface area contributed by atoms with Gasteiger partial charge in [-0.2, -0.15) is 0 Å². The maximum atomic E-state index is 11.1. The summed E-state index contributed by atoms with van der Waals surface area (Å²) in [7, 11) is 0. The van der Waals surface area contributed by atoms with Crippen LogP contribution in [0.2, 0.25) is 0 Å². The number of phenols is 1. The number of carbonyl (C=O) groups is 2. The summed E-state index contributed by atoms with van der Waals surface area (Å²) in [6, 6.07) is 4.55. The Morgan fingerprint density at radius 2 is 1.77 bits per heavy atom. The lowest BCUT2D eigenvalue weighted by molar-refractivity contribution is 0.0966. The third kappa shape index (κ3) is 2.48. The molecule has 0 heterocycles. The third-order valence-electron chi connectivity index (χ3n) is 1.37. The van der Waals surface area contributed by atoms with Gasteiger partial charge < -0.3 is 10.8 Å². The maximum absolute atomic E-state index is 11.1. The van der Waals surface area contributed by atoms with Crippen LogP contribution in [0, 0.1) is 0 Å². The second-order valence-electron chi connectivity index (χ2n) is 2.37. The van der Waals surface area contributed by atoms with E-state index in [0.717, 1.165) is 0 Å². The SMILES string of the molecule is NC(=O)NC(=O)c1ccc(O)cc1. The standard InChI is InChI=1S/C8H8N2O3/c9-8(13)10-7(12)5-1-3-6(11)4-2-5/h1-4,11H,(H3,9,10,12,13). The predicted octanol–water partition coefficient (Wildman–Crippen LogP) is 0.201. The summed E-state index contributed by atoms with van der Waals surface area (Å²) in [4.78, 5) is 21.4. The Morgan fingerprint density at radius 1 is 1.23 bits per heavy atom. The highest BCUT2D eigenvalue weighted by molar-refractivity contribution is 6.03. The van der Waals surface area contributed by atoms with Gasteiger partial charge in [0.1, 0.15) is 5.75 Å². The van der Waals surface area contributed by atoms with Crippen molar-refractivity contribution in [3.63, 3.8) is 0 Å². The number of aromatic hydroxyl groups is 1. The van der Waals surface area contributed by atoms with E-state index in [2.05, 4.69) is 0 Å². The predicted molar refractivity (Wildman–Crippen MR) is 45.2 cm³/mol. The van der Waals surface area contributed by atoms with Crippen LogP contribution in [0.5, 0.6) is 5.75 Å². The fraction of sp³-hybridized carbons (Fsp3) is 0. The van der Waals surface area contributed by atoms with E-state index in [4.69, 9.17) is 10.8 Å². The van der Waals surface area contributed by atoms with Crippen molar-refractivity contribution in [2.45, 2.75) is 0 Å². The first kappa shape index (κ1) is 9.05. The van der Waals surface area contributed by atoms with E-state index in [1.807, 2.05) is 5.32 Å². The van der Waals surface area contributed by atoms with Crippen LogP contribution in [0.25, 0.3) is 0 Å². The van der Waals surface area contributed by atoms with Crippen LogP contribution in [-0.2, 0) is 0 Å². The van der Waals surface area contributed by atoms with Crippen molar-refractivity contribution in [1.82, 2.24) is 5.32 Å². The average molecular weight is 180 g/mol. The summed E-state index contributed by atoms with van der Waals surface area (Å²) < 4.78 is 0. The molecule has 68 valence electrons. The molecule has 0 bridgehead atoms. The van der Waals surface area contributed by atoms with Gasteiger partial charge in [0.25, 0.3) is 5.91 Å². The van der Waals surface area contributed by atoms with Crippen molar-refractivity contribution in [2.24, 2.45) is 5.73 Å². The van der Waals surface area contributed by atoms with Gasteiger partial charge in [0.05, 0.1) is 0 Å². The molecule has 3 amide bonds. The van der Waals surface area contributed by atoms with Gasteiger partial charge in [-0.3, -0.25) is 10.1 Å². The number of phenolic OH excluding ortho intramolecular Hbond substituents is 1.